The molecule has 5 aromatic rings. The van der Waals surface area contributed by atoms with E-state index < -0.39 is 0 Å². The van der Waals surface area contributed by atoms with Crippen LogP contribution in [0, 0.1) is 13.8 Å². The quantitative estimate of drug-likeness (QED) is 0.359. The van der Waals surface area contributed by atoms with Crippen molar-refractivity contribution >= 4 is 22.5 Å². The van der Waals surface area contributed by atoms with E-state index in [0.29, 0.717) is 26.0 Å². The number of rotatable bonds is 8. The normalized spacial score (nSPS) is 11.1. The van der Waals surface area contributed by atoms with Crippen LogP contribution in [0.3, 0.4) is 0 Å². The summed E-state index contributed by atoms with van der Waals surface area (Å²) >= 11 is 0. The molecule has 176 valence electrons. The first-order valence-electron chi connectivity index (χ1n) is 11.7. The second kappa shape index (κ2) is 9.93. The maximum Gasteiger partial charge on any atom is 0.220 e. The van der Waals surface area contributed by atoms with Gasteiger partial charge in [-0.3, -0.25) is 9.78 Å². The Morgan fingerprint density at radius 1 is 1.00 bits per heavy atom. The van der Waals surface area contributed by atoms with E-state index in [4.69, 9.17) is 14.8 Å². The summed E-state index contributed by atoms with van der Waals surface area (Å²) < 4.78 is 7.68. The Kier molecular flexibility index (Phi) is 6.39. The first-order valence-corrected chi connectivity index (χ1v) is 11.7. The second-order valence-electron chi connectivity index (χ2n) is 8.58. The van der Waals surface area contributed by atoms with Crippen molar-refractivity contribution in [1.82, 2.24) is 24.9 Å². The highest BCUT2D eigenvalue weighted by atomic mass is 16.5. The lowest BCUT2D eigenvalue weighted by Gasteiger charge is -2.11. The van der Waals surface area contributed by atoms with E-state index in [-0.39, 0.29) is 5.91 Å². The fourth-order valence-electron chi connectivity index (χ4n) is 4.22. The minimum atomic E-state index is 0.00595. The molecule has 0 fully saturated rings. The number of nitrogens with zero attached hydrogens (tertiary/aromatic N) is 4. The molecule has 0 bridgehead atoms. The zero-order valence-corrected chi connectivity index (χ0v) is 19.9. The molecule has 0 saturated carbocycles. The lowest BCUT2D eigenvalue weighted by molar-refractivity contribution is -0.121. The SMILES string of the molecule is Cc1nc2c3ccccc3nn2c(C)c1CCC(=O)NCc1ccc(OCc2cccnc2)cc1. The van der Waals surface area contributed by atoms with Crippen LogP contribution >= 0.6 is 0 Å². The topological polar surface area (TPSA) is 81.4 Å². The summed E-state index contributed by atoms with van der Waals surface area (Å²) in [4.78, 5) is 21.4. The predicted molar refractivity (Wildman–Crippen MR) is 135 cm³/mol. The van der Waals surface area contributed by atoms with Gasteiger partial charge < -0.3 is 10.1 Å². The van der Waals surface area contributed by atoms with Crippen LogP contribution < -0.4 is 10.1 Å². The largest absolute Gasteiger partial charge is 0.489 e. The molecule has 2 aromatic carbocycles. The average Bonchev–Trinajstić information content (AvgIpc) is 3.26. The molecule has 0 unspecified atom stereocenters. The maximum atomic E-state index is 12.6. The maximum absolute atomic E-state index is 12.6. The van der Waals surface area contributed by atoms with Crippen molar-refractivity contribution in [2.75, 3.05) is 0 Å². The number of aromatic nitrogens is 4. The summed E-state index contributed by atoms with van der Waals surface area (Å²) in [6.07, 6.45) is 4.54. The smallest absolute Gasteiger partial charge is 0.220 e. The molecule has 0 aliphatic rings. The summed E-state index contributed by atoms with van der Waals surface area (Å²) in [6.45, 7) is 4.98. The lowest BCUT2D eigenvalue weighted by atomic mass is 10.1. The van der Waals surface area contributed by atoms with Crippen molar-refractivity contribution in [3.8, 4) is 5.75 Å². The van der Waals surface area contributed by atoms with Gasteiger partial charge in [-0.2, -0.15) is 5.10 Å². The van der Waals surface area contributed by atoms with Gasteiger partial charge in [0.25, 0.3) is 0 Å². The predicted octanol–water partition coefficient (Wildman–Crippen LogP) is 4.72. The molecule has 7 nitrogen and oxygen atoms in total. The molecule has 0 radical (unpaired) electrons. The van der Waals surface area contributed by atoms with Crippen LogP contribution in [0.15, 0.2) is 73.1 Å². The highest BCUT2D eigenvalue weighted by Gasteiger charge is 2.15. The Morgan fingerprint density at radius 2 is 1.83 bits per heavy atom. The third-order valence-electron chi connectivity index (χ3n) is 6.16. The molecule has 0 spiro atoms. The third-order valence-corrected chi connectivity index (χ3v) is 6.16. The molecule has 0 atom stereocenters. The number of carbonyl (C=O) groups excluding carboxylic acids is 1. The number of pyridine rings is 1. The number of hydrogen-bond acceptors (Lipinski definition) is 5. The van der Waals surface area contributed by atoms with Gasteiger partial charge in [0, 0.05) is 47.7 Å². The standard InChI is InChI=1S/C28H27N5O2/c1-19-24(20(2)33-28(31-19)25-7-3-4-8-26(25)32-33)13-14-27(34)30-17-21-9-11-23(12-10-21)35-18-22-6-5-15-29-16-22/h3-12,15-16H,13-14,17-18H2,1-2H3,(H,30,34). The highest BCUT2D eigenvalue weighted by Crippen LogP contribution is 2.23. The van der Waals surface area contributed by atoms with Crippen molar-refractivity contribution in [2.24, 2.45) is 0 Å². The molecule has 7 heteroatoms. The summed E-state index contributed by atoms with van der Waals surface area (Å²) in [5.74, 6) is 0.787. The molecule has 3 heterocycles. The van der Waals surface area contributed by atoms with Crippen molar-refractivity contribution in [2.45, 2.75) is 39.8 Å². The van der Waals surface area contributed by atoms with E-state index in [0.717, 1.165) is 50.4 Å². The van der Waals surface area contributed by atoms with Gasteiger partial charge >= 0.3 is 0 Å². The van der Waals surface area contributed by atoms with E-state index in [1.807, 2.05) is 79.0 Å². The Morgan fingerprint density at radius 3 is 2.63 bits per heavy atom. The Bertz CT molecular complexity index is 1480. The summed E-state index contributed by atoms with van der Waals surface area (Å²) in [7, 11) is 0. The van der Waals surface area contributed by atoms with Gasteiger partial charge in [0.05, 0.1) is 5.52 Å². The van der Waals surface area contributed by atoms with Crippen LogP contribution in [-0.2, 0) is 24.4 Å². The average molecular weight is 466 g/mol. The van der Waals surface area contributed by atoms with E-state index in [1.165, 1.54) is 0 Å². The van der Waals surface area contributed by atoms with E-state index in [9.17, 15) is 4.79 Å². The van der Waals surface area contributed by atoms with Gasteiger partial charge in [-0.05, 0) is 61.7 Å². The van der Waals surface area contributed by atoms with Crippen LogP contribution in [0.5, 0.6) is 5.75 Å². The van der Waals surface area contributed by atoms with Crippen molar-refractivity contribution in [1.29, 1.82) is 0 Å². The number of ether oxygens (including phenoxy) is 1. The van der Waals surface area contributed by atoms with Gasteiger partial charge in [-0.25, -0.2) is 9.50 Å². The Hall–Kier alpha value is -4.26. The molecule has 5 rings (SSSR count). The van der Waals surface area contributed by atoms with Crippen LogP contribution in [0.25, 0.3) is 16.6 Å². The molecular weight excluding hydrogens is 438 g/mol. The van der Waals surface area contributed by atoms with E-state index in [1.54, 1.807) is 12.4 Å². The molecule has 0 aliphatic carbocycles. The zero-order valence-electron chi connectivity index (χ0n) is 19.9. The molecule has 3 aromatic heterocycles. The van der Waals surface area contributed by atoms with E-state index in [2.05, 4.69) is 10.3 Å². The number of fused-ring (bicyclic) bond motifs is 3. The zero-order chi connectivity index (χ0) is 24.2. The van der Waals surface area contributed by atoms with Crippen molar-refractivity contribution in [3.05, 3.63) is 101 Å². The van der Waals surface area contributed by atoms with Crippen LogP contribution in [0.1, 0.15) is 34.5 Å². The van der Waals surface area contributed by atoms with Gasteiger partial charge in [-0.15, -0.1) is 0 Å². The van der Waals surface area contributed by atoms with Crippen LogP contribution in [-0.4, -0.2) is 25.5 Å². The monoisotopic (exact) mass is 465 g/mol. The fraction of sp³-hybridized carbons (Fsp3) is 0.214. The number of benzene rings is 2. The first-order chi connectivity index (χ1) is 17.1. The molecular formula is C28H27N5O2. The number of aryl methyl sites for hydroxylation is 2. The molecule has 35 heavy (non-hydrogen) atoms. The molecule has 0 saturated heterocycles. The minimum Gasteiger partial charge on any atom is -0.489 e. The van der Waals surface area contributed by atoms with E-state index >= 15 is 0 Å². The fourth-order valence-corrected chi connectivity index (χ4v) is 4.22. The van der Waals surface area contributed by atoms with Crippen molar-refractivity contribution in [3.63, 3.8) is 0 Å². The van der Waals surface area contributed by atoms with Gasteiger partial charge in [0.15, 0.2) is 5.65 Å². The summed E-state index contributed by atoms with van der Waals surface area (Å²) in [6, 6.07) is 19.6. The third kappa shape index (κ3) is 4.99. The van der Waals surface area contributed by atoms with Gasteiger partial charge in [-0.1, -0.05) is 30.3 Å². The first kappa shape index (κ1) is 22.5. The lowest BCUT2D eigenvalue weighted by Crippen LogP contribution is -2.23. The number of amides is 1. The highest BCUT2D eigenvalue weighted by molar-refractivity contribution is 5.92. The van der Waals surface area contributed by atoms with Gasteiger partial charge in [0.2, 0.25) is 5.91 Å². The van der Waals surface area contributed by atoms with Crippen molar-refractivity contribution < 1.29 is 9.53 Å². The summed E-state index contributed by atoms with van der Waals surface area (Å²) in [5.41, 5.74) is 6.85. The second-order valence-corrected chi connectivity index (χ2v) is 8.58. The molecule has 1 amide bonds. The number of nitrogens with one attached hydrogen (secondary N) is 1. The number of hydrogen-bond donors (Lipinski definition) is 1. The molecule has 1 N–H and O–H groups in total. The Balaban J connectivity index is 1.16. The van der Waals surface area contributed by atoms with Gasteiger partial charge in [0.1, 0.15) is 12.4 Å². The summed E-state index contributed by atoms with van der Waals surface area (Å²) in [5, 5.41) is 8.75. The van der Waals surface area contributed by atoms with Crippen LogP contribution in [0.2, 0.25) is 0 Å². The number of carbonyl (C=O) groups is 1. The molecule has 0 aliphatic heterocycles. The van der Waals surface area contributed by atoms with Crippen LogP contribution in [0.4, 0.5) is 0 Å². The minimum absolute atomic E-state index is 0.00595. The Labute approximate surface area is 203 Å².